The van der Waals surface area contributed by atoms with E-state index in [-0.39, 0.29) is 24.1 Å². The van der Waals surface area contributed by atoms with Gasteiger partial charge in [0.05, 0.1) is 0 Å². The monoisotopic (exact) mass is 328 g/mol. The molecule has 0 spiro atoms. The maximum Gasteiger partial charge on any atom is 0.282 e. The molecule has 0 atom stereocenters. The Hall–Kier alpha value is -1.50. The van der Waals surface area contributed by atoms with Crippen LogP contribution in [0.3, 0.4) is 0 Å². The van der Waals surface area contributed by atoms with Crippen molar-refractivity contribution < 1.29 is 13.6 Å². The Kier molecular flexibility index (Phi) is 6.50. The van der Waals surface area contributed by atoms with Crippen molar-refractivity contribution >= 4 is 5.91 Å². The number of amides is 1. The van der Waals surface area contributed by atoms with E-state index in [2.05, 4.69) is 29.2 Å². The molecule has 1 aliphatic rings. The summed E-state index contributed by atoms with van der Waals surface area (Å²) in [6, 6.07) is 1.44. The molecule has 0 saturated heterocycles. The summed E-state index contributed by atoms with van der Waals surface area (Å²) in [4.78, 5) is 14.3. The third kappa shape index (κ3) is 5.27. The van der Waals surface area contributed by atoms with Gasteiger partial charge >= 0.3 is 0 Å². The Morgan fingerprint density at radius 2 is 2.13 bits per heavy atom. The van der Waals surface area contributed by atoms with Crippen molar-refractivity contribution in [2.24, 2.45) is 0 Å². The van der Waals surface area contributed by atoms with Gasteiger partial charge in [-0.05, 0) is 45.0 Å². The molecule has 1 aromatic heterocycles. The molecule has 1 N–H and O–H groups in total. The molecule has 0 radical (unpaired) electrons. The number of carbonyl (C=O) groups is 1. The number of nitrogens with zero attached hydrogens (tertiary/aromatic N) is 3. The van der Waals surface area contributed by atoms with Crippen molar-refractivity contribution in [1.29, 1.82) is 0 Å². The molecular weight excluding hydrogens is 302 g/mol. The second-order valence-electron chi connectivity index (χ2n) is 5.96. The molecule has 0 bridgehead atoms. The first-order chi connectivity index (χ1) is 11.0. The minimum atomic E-state index is -2.59. The van der Waals surface area contributed by atoms with Crippen LogP contribution in [0.5, 0.6) is 0 Å². The Bertz CT molecular complexity index is 510. The van der Waals surface area contributed by atoms with Crippen molar-refractivity contribution in [1.82, 2.24) is 20.0 Å². The molecule has 23 heavy (non-hydrogen) atoms. The van der Waals surface area contributed by atoms with Gasteiger partial charge in [0.15, 0.2) is 0 Å². The molecule has 0 aliphatic heterocycles. The van der Waals surface area contributed by atoms with Crippen molar-refractivity contribution in [3.05, 3.63) is 17.5 Å². The summed E-state index contributed by atoms with van der Waals surface area (Å²) in [5.41, 5.74) is 0.528. The Labute approximate surface area is 136 Å². The highest BCUT2D eigenvalue weighted by molar-refractivity contribution is 5.75. The van der Waals surface area contributed by atoms with Crippen LogP contribution in [0.25, 0.3) is 0 Å². The van der Waals surface area contributed by atoms with Crippen LogP contribution in [0.15, 0.2) is 6.07 Å². The molecule has 0 unspecified atom stereocenters. The molecule has 1 amide bonds. The van der Waals surface area contributed by atoms with Gasteiger partial charge < -0.3 is 10.2 Å². The van der Waals surface area contributed by atoms with Gasteiger partial charge in [-0.3, -0.25) is 9.48 Å². The second kappa shape index (κ2) is 8.38. The topological polar surface area (TPSA) is 50.2 Å². The minimum Gasteiger partial charge on any atom is -0.354 e. The van der Waals surface area contributed by atoms with E-state index >= 15 is 0 Å². The van der Waals surface area contributed by atoms with E-state index in [0.717, 1.165) is 44.6 Å². The summed E-state index contributed by atoms with van der Waals surface area (Å²) >= 11 is 0. The van der Waals surface area contributed by atoms with Crippen molar-refractivity contribution in [2.75, 3.05) is 26.2 Å². The van der Waals surface area contributed by atoms with E-state index in [9.17, 15) is 13.6 Å². The molecule has 1 fully saturated rings. The van der Waals surface area contributed by atoms with Gasteiger partial charge in [0.1, 0.15) is 12.2 Å². The lowest BCUT2D eigenvalue weighted by Gasteiger charge is -2.17. The summed E-state index contributed by atoms with van der Waals surface area (Å²) in [5, 5.41) is 6.74. The molecule has 2 rings (SSSR count). The van der Waals surface area contributed by atoms with Gasteiger partial charge in [0.2, 0.25) is 5.91 Å². The van der Waals surface area contributed by atoms with Crippen LogP contribution in [0.4, 0.5) is 8.78 Å². The number of halogens is 2. The predicted octanol–water partition coefficient (Wildman–Crippen LogP) is 2.55. The van der Waals surface area contributed by atoms with Crippen LogP contribution in [0.1, 0.15) is 56.8 Å². The first-order valence-corrected chi connectivity index (χ1v) is 8.40. The standard InChI is InChI=1S/C16H26F2N4O/c1-3-21(4-2)9-5-8-19-15(23)11-22-14(12-6-7-12)10-13(20-22)16(17)18/h10,12,16H,3-9,11H2,1-2H3,(H,19,23). The van der Waals surface area contributed by atoms with Crippen LogP contribution < -0.4 is 5.32 Å². The molecule has 1 aliphatic carbocycles. The van der Waals surface area contributed by atoms with Crippen LogP contribution in [-0.4, -0.2) is 46.8 Å². The fourth-order valence-electron chi connectivity index (χ4n) is 2.66. The number of rotatable bonds is 10. The van der Waals surface area contributed by atoms with E-state index in [0.29, 0.717) is 6.54 Å². The fraction of sp³-hybridized carbons (Fsp3) is 0.750. The highest BCUT2D eigenvalue weighted by Gasteiger charge is 2.30. The SMILES string of the molecule is CCN(CC)CCCNC(=O)Cn1nc(C(F)F)cc1C1CC1. The van der Waals surface area contributed by atoms with Gasteiger partial charge in [0, 0.05) is 18.2 Å². The lowest BCUT2D eigenvalue weighted by atomic mass is 10.2. The third-order valence-electron chi connectivity index (χ3n) is 4.21. The van der Waals surface area contributed by atoms with Crippen LogP contribution in [0.2, 0.25) is 0 Å². The Balaban J connectivity index is 1.81. The second-order valence-corrected chi connectivity index (χ2v) is 5.96. The van der Waals surface area contributed by atoms with E-state index < -0.39 is 6.43 Å². The smallest absolute Gasteiger partial charge is 0.282 e. The maximum atomic E-state index is 12.8. The zero-order chi connectivity index (χ0) is 16.8. The van der Waals surface area contributed by atoms with Crippen LogP contribution in [0, 0.1) is 0 Å². The predicted molar refractivity (Wildman–Crippen MR) is 84.6 cm³/mol. The number of alkyl halides is 2. The highest BCUT2D eigenvalue weighted by Crippen LogP contribution is 2.41. The lowest BCUT2D eigenvalue weighted by Crippen LogP contribution is -2.32. The lowest BCUT2D eigenvalue weighted by molar-refractivity contribution is -0.121. The van der Waals surface area contributed by atoms with Crippen molar-refractivity contribution in [2.45, 2.75) is 52.0 Å². The zero-order valence-electron chi connectivity index (χ0n) is 13.9. The van der Waals surface area contributed by atoms with Gasteiger partial charge in [0.25, 0.3) is 6.43 Å². The molecule has 1 saturated carbocycles. The van der Waals surface area contributed by atoms with Gasteiger partial charge in [-0.15, -0.1) is 0 Å². The number of hydrogen-bond acceptors (Lipinski definition) is 3. The van der Waals surface area contributed by atoms with Crippen LogP contribution in [-0.2, 0) is 11.3 Å². The average Bonchev–Trinajstić information content (AvgIpc) is 3.28. The first-order valence-electron chi connectivity index (χ1n) is 8.40. The number of carbonyl (C=O) groups excluding carboxylic acids is 1. The molecule has 1 aromatic rings. The summed E-state index contributed by atoms with van der Waals surface area (Å²) in [5.74, 6) is 0.112. The molecule has 1 heterocycles. The normalized spacial score (nSPS) is 14.7. The largest absolute Gasteiger partial charge is 0.354 e. The van der Waals surface area contributed by atoms with Crippen molar-refractivity contribution in [3.63, 3.8) is 0 Å². The maximum absolute atomic E-state index is 12.8. The zero-order valence-corrected chi connectivity index (χ0v) is 13.9. The quantitative estimate of drug-likeness (QED) is 0.672. The van der Waals surface area contributed by atoms with Crippen molar-refractivity contribution in [3.8, 4) is 0 Å². The number of hydrogen-bond donors (Lipinski definition) is 1. The number of aromatic nitrogens is 2. The fourth-order valence-corrected chi connectivity index (χ4v) is 2.66. The minimum absolute atomic E-state index is 0.0177. The van der Waals surface area contributed by atoms with E-state index in [1.165, 1.54) is 10.7 Å². The Morgan fingerprint density at radius 1 is 1.43 bits per heavy atom. The summed E-state index contributed by atoms with van der Waals surface area (Å²) < 4.78 is 27.0. The van der Waals surface area contributed by atoms with Gasteiger partial charge in [-0.25, -0.2) is 8.78 Å². The molecule has 7 heteroatoms. The Morgan fingerprint density at radius 3 is 2.70 bits per heavy atom. The third-order valence-corrected chi connectivity index (χ3v) is 4.21. The van der Waals surface area contributed by atoms with Gasteiger partial charge in [-0.1, -0.05) is 13.8 Å². The molecule has 0 aromatic carbocycles. The van der Waals surface area contributed by atoms with E-state index in [1.807, 2.05) is 0 Å². The van der Waals surface area contributed by atoms with Crippen LogP contribution >= 0.6 is 0 Å². The average molecular weight is 328 g/mol. The van der Waals surface area contributed by atoms with Gasteiger partial charge in [-0.2, -0.15) is 5.10 Å². The summed E-state index contributed by atoms with van der Waals surface area (Å²) in [7, 11) is 0. The molecule has 130 valence electrons. The first kappa shape index (κ1) is 17.8. The molecule has 5 nitrogen and oxygen atoms in total. The summed E-state index contributed by atoms with van der Waals surface area (Å²) in [6.07, 6.45) is 0.259. The molecular formula is C16H26F2N4O. The van der Waals surface area contributed by atoms with E-state index in [4.69, 9.17) is 0 Å². The summed E-state index contributed by atoms with van der Waals surface area (Å²) in [6.45, 7) is 7.77. The highest BCUT2D eigenvalue weighted by atomic mass is 19.3. The van der Waals surface area contributed by atoms with E-state index in [1.54, 1.807) is 0 Å². The number of nitrogens with one attached hydrogen (secondary N) is 1.